The van der Waals surface area contributed by atoms with Gasteiger partial charge in [0.05, 0.1) is 5.69 Å². The molecule has 0 heterocycles. The summed E-state index contributed by atoms with van der Waals surface area (Å²) < 4.78 is 13.5. The van der Waals surface area contributed by atoms with Gasteiger partial charge in [0.15, 0.2) is 0 Å². The van der Waals surface area contributed by atoms with Crippen molar-refractivity contribution >= 4 is 11.6 Å². The smallest absolute Gasteiger partial charge is 0.228 e. The second-order valence-electron chi connectivity index (χ2n) is 4.80. The highest BCUT2D eigenvalue weighted by atomic mass is 19.1. The van der Waals surface area contributed by atoms with E-state index in [2.05, 4.69) is 0 Å². The lowest BCUT2D eigenvalue weighted by Gasteiger charge is -2.38. The third-order valence-corrected chi connectivity index (χ3v) is 3.44. The summed E-state index contributed by atoms with van der Waals surface area (Å²) in [5.74, 6) is -0.514. The first-order valence-corrected chi connectivity index (χ1v) is 5.82. The second-order valence-corrected chi connectivity index (χ2v) is 4.80. The van der Waals surface area contributed by atoms with Crippen molar-refractivity contribution in [2.75, 3.05) is 11.9 Å². The van der Waals surface area contributed by atoms with E-state index in [-0.39, 0.29) is 23.7 Å². The zero-order chi connectivity index (χ0) is 12.5. The molecule has 2 rings (SSSR count). The van der Waals surface area contributed by atoms with Crippen LogP contribution in [0.25, 0.3) is 0 Å². The van der Waals surface area contributed by atoms with Crippen LogP contribution in [0.1, 0.15) is 25.7 Å². The molecule has 17 heavy (non-hydrogen) atoms. The number of rotatable bonds is 3. The molecule has 0 aliphatic heterocycles. The van der Waals surface area contributed by atoms with Crippen molar-refractivity contribution in [2.45, 2.75) is 31.2 Å². The molecule has 92 valence electrons. The first kappa shape index (κ1) is 12.0. The normalized spacial score (nSPS) is 17.4. The number of nitrogens with two attached hydrogens (primary N) is 1. The fourth-order valence-electron chi connectivity index (χ4n) is 2.09. The molecule has 0 unspecified atom stereocenters. The average Bonchev–Trinajstić information content (AvgIpc) is 2.26. The minimum absolute atomic E-state index is 0.127. The maximum atomic E-state index is 13.5. The predicted octanol–water partition coefficient (Wildman–Crippen LogP) is 2.06. The van der Waals surface area contributed by atoms with E-state index in [9.17, 15) is 9.18 Å². The number of hydrogen-bond acceptors (Lipinski definition) is 2. The summed E-state index contributed by atoms with van der Waals surface area (Å²) in [5.41, 5.74) is 5.96. The lowest BCUT2D eigenvalue weighted by Crippen LogP contribution is -2.50. The van der Waals surface area contributed by atoms with Crippen LogP contribution in [0.5, 0.6) is 0 Å². The van der Waals surface area contributed by atoms with Crippen LogP contribution >= 0.6 is 0 Å². The van der Waals surface area contributed by atoms with E-state index in [4.69, 9.17) is 5.73 Å². The topological polar surface area (TPSA) is 46.3 Å². The Kier molecular flexibility index (Phi) is 3.15. The Hall–Kier alpha value is -1.42. The first-order valence-electron chi connectivity index (χ1n) is 5.82. The Morgan fingerprint density at radius 3 is 2.65 bits per heavy atom. The van der Waals surface area contributed by atoms with E-state index in [1.165, 1.54) is 11.0 Å². The zero-order valence-corrected chi connectivity index (χ0v) is 9.95. The summed E-state index contributed by atoms with van der Waals surface area (Å²) >= 11 is 0. The number of benzene rings is 1. The molecule has 2 N–H and O–H groups in total. The van der Waals surface area contributed by atoms with Crippen LogP contribution in [-0.2, 0) is 4.79 Å². The summed E-state index contributed by atoms with van der Waals surface area (Å²) in [6.45, 7) is 0. The van der Waals surface area contributed by atoms with Gasteiger partial charge >= 0.3 is 0 Å². The molecular weight excluding hydrogens is 219 g/mol. The first-order chi connectivity index (χ1) is 8.02. The molecule has 1 amide bonds. The third kappa shape index (κ3) is 2.47. The Bertz CT molecular complexity index is 429. The Labute approximate surface area is 100 Å². The number of para-hydroxylation sites is 1. The summed E-state index contributed by atoms with van der Waals surface area (Å²) in [6.07, 6.45) is 3.12. The van der Waals surface area contributed by atoms with Crippen molar-refractivity contribution in [3.05, 3.63) is 30.1 Å². The van der Waals surface area contributed by atoms with Crippen molar-refractivity contribution in [2.24, 2.45) is 5.73 Å². The van der Waals surface area contributed by atoms with Gasteiger partial charge in [0, 0.05) is 19.0 Å². The molecule has 4 heteroatoms. The number of carbonyl (C=O) groups excluding carboxylic acids is 1. The number of amides is 1. The van der Waals surface area contributed by atoms with Crippen molar-refractivity contribution < 1.29 is 9.18 Å². The van der Waals surface area contributed by atoms with Gasteiger partial charge in [0.1, 0.15) is 5.82 Å². The molecule has 1 fully saturated rings. The SMILES string of the molecule is CN(C(=O)CC1(N)CCC1)c1ccccc1F. The number of halogens is 1. The van der Waals surface area contributed by atoms with Crippen LogP contribution in [0.15, 0.2) is 24.3 Å². The Morgan fingerprint density at radius 2 is 2.12 bits per heavy atom. The van der Waals surface area contributed by atoms with Crippen molar-refractivity contribution in [1.82, 2.24) is 0 Å². The summed E-state index contributed by atoms with van der Waals surface area (Å²) in [6, 6.07) is 6.26. The molecule has 0 atom stereocenters. The summed E-state index contributed by atoms with van der Waals surface area (Å²) in [7, 11) is 1.59. The maximum Gasteiger partial charge on any atom is 0.228 e. The van der Waals surface area contributed by atoms with E-state index in [1.54, 1.807) is 25.2 Å². The van der Waals surface area contributed by atoms with Gasteiger partial charge in [0.25, 0.3) is 0 Å². The quantitative estimate of drug-likeness (QED) is 0.873. The van der Waals surface area contributed by atoms with Gasteiger partial charge in [-0.2, -0.15) is 0 Å². The monoisotopic (exact) mass is 236 g/mol. The molecule has 1 saturated carbocycles. The Morgan fingerprint density at radius 1 is 1.47 bits per heavy atom. The van der Waals surface area contributed by atoms with Crippen LogP contribution < -0.4 is 10.6 Å². The van der Waals surface area contributed by atoms with E-state index in [0.717, 1.165) is 19.3 Å². The fourth-order valence-corrected chi connectivity index (χ4v) is 2.09. The Balaban J connectivity index is 2.07. The third-order valence-electron chi connectivity index (χ3n) is 3.44. The van der Waals surface area contributed by atoms with Gasteiger partial charge < -0.3 is 10.6 Å². The molecule has 1 aromatic rings. The van der Waals surface area contributed by atoms with Crippen molar-refractivity contribution in [3.63, 3.8) is 0 Å². The van der Waals surface area contributed by atoms with Gasteiger partial charge in [-0.1, -0.05) is 12.1 Å². The molecule has 0 aromatic heterocycles. The molecule has 1 aliphatic rings. The molecule has 0 radical (unpaired) electrons. The number of hydrogen-bond donors (Lipinski definition) is 1. The van der Waals surface area contributed by atoms with Crippen LogP contribution in [-0.4, -0.2) is 18.5 Å². The standard InChI is InChI=1S/C13H17FN2O/c1-16(11-6-3-2-5-10(11)14)12(17)9-13(15)7-4-8-13/h2-3,5-6H,4,7-9,15H2,1H3. The van der Waals surface area contributed by atoms with Crippen molar-refractivity contribution in [1.29, 1.82) is 0 Å². The van der Waals surface area contributed by atoms with E-state index >= 15 is 0 Å². The highest BCUT2D eigenvalue weighted by Crippen LogP contribution is 2.33. The summed E-state index contributed by atoms with van der Waals surface area (Å²) in [5, 5.41) is 0. The number of carbonyl (C=O) groups is 1. The predicted molar refractivity (Wildman–Crippen MR) is 65.2 cm³/mol. The molecular formula is C13H17FN2O. The number of anilines is 1. The summed E-state index contributed by atoms with van der Waals surface area (Å²) in [4.78, 5) is 13.3. The minimum Gasteiger partial charge on any atom is -0.325 e. The highest BCUT2D eigenvalue weighted by Gasteiger charge is 2.35. The second kappa shape index (κ2) is 4.45. The molecule has 1 aliphatic carbocycles. The average molecular weight is 236 g/mol. The molecule has 0 saturated heterocycles. The van der Waals surface area contributed by atoms with Gasteiger partial charge in [-0.15, -0.1) is 0 Å². The van der Waals surface area contributed by atoms with Crippen LogP contribution in [0.3, 0.4) is 0 Å². The van der Waals surface area contributed by atoms with Crippen LogP contribution in [0.4, 0.5) is 10.1 Å². The van der Waals surface area contributed by atoms with E-state index in [1.807, 2.05) is 0 Å². The van der Waals surface area contributed by atoms with Crippen LogP contribution in [0.2, 0.25) is 0 Å². The van der Waals surface area contributed by atoms with Gasteiger partial charge in [-0.3, -0.25) is 4.79 Å². The molecule has 1 aromatic carbocycles. The van der Waals surface area contributed by atoms with Gasteiger partial charge in [-0.05, 0) is 31.4 Å². The number of nitrogens with zero attached hydrogens (tertiary/aromatic N) is 1. The lowest BCUT2D eigenvalue weighted by molar-refractivity contribution is -0.120. The minimum atomic E-state index is -0.386. The van der Waals surface area contributed by atoms with Crippen molar-refractivity contribution in [3.8, 4) is 0 Å². The van der Waals surface area contributed by atoms with Gasteiger partial charge in [-0.25, -0.2) is 4.39 Å². The van der Waals surface area contributed by atoms with E-state index in [0.29, 0.717) is 5.69 Å². The highest BCUT2D eigenvalue weighted by molar-refractivity contribution is 5.93. The largest absolute Gasteiger partial charge is 0.325 e. The lowest BCUT2D eigenvalue weighted by atomic mass is 9.75. The molecule has 0 bridgehead atoms. The van der Waals surface area contributed by atoms with Gasteiger partial charge in [0.2, 0.25) is 5.91 Å². The van der Waals surface area contributed by atoms with Crippen LogP contribution in [0, 0.1) is 5.82 Å². The molecule has 0 spiro atoms. The molecule has 3 nitrogen and oxygen atoms in total. The zero-order valence-electron chi connectivity index (χ0n) is 9.95. The van der Waals surface area contributed by atoms with E-state index < -0.39 is 0 Å². The maximum absolute atomic E-state index is 13.5. The fraction of sp³-hybridized carbons (Fsp3) is 0.462.